The fraction of sp³-hybridized carbons (Fsp3) is 0.458. The topological polar surface area (TPSA) is 68.8 Å². The van der Waals surface area contributed by atoms with Gasteiger partial charge in [-0.2, -0.15) is 0 Å². The summed E-state index contributed by atoms with van der Waals surface area (Å²) in [6.45, 7) is 6.60. The molecule has 1 unspecified atom stereocenters. The first kappa shape index (κ1) is 22.0. The molecule has 1 fully saturated rings. The number of ether oxygens (including phenoxy) is 3. The second kappa shape index (κ2) is 11.5. The van der Waals surface area contributed by atoms with Crippen LogP contribution in [-0.2, 0) is 9.53 Å². The molecule has 162 valence electrons. The average molecular weight is 413 g/mol. The van der Waals surface area contributed by atoms with Gasteiger partial charge in [0.2, 0.25) is 5.91 Å². The Kier molecular flexibility index (Phi) is 8.39. The molecule has 3 rings (SSSR count). The molecule has 1 aliphatic rings. The van der Waals surface area contributed by atoms with Crippen LogP contribution in [0.15, 0.2) is 48.5 Å². The summed E-state index contributed by atoms with van der Waals surface area (Å²) < 4.78 is 17.1. The fourth-order valence-corrected chi connectivity index (χ4v) is 3.10. The van der Waals surface area contributed by atoms with Gasteiger partial charge in [0.1, 0.15) is 18.1 Å². The third-order valence-corrected chi connectivity index (χ3v) is 4.85. The predicted octanol–water partition coefficient (Wildman–Crippen LogP) is 4.72. The largest absolute Gasteiger partial charge is 0.494 e. The normalized spacial score (nSPS) is 15.8. The third-order valence-electron chi connectivity index (χ3n) is 4.85. The van der Waals surface area contributed by atoms with E-state index >= 15 is 0 Å². The summed E-state index contributed by atoms with van der Waals surface area (Å²) >= 11 is 0. The Balaban J connectivity index is 1.39. The standard InChI is InChI=1S/C24H32N2O4/c1-18(2)12-14-29-22-6-3-5-20(15-22)25-16-24(27)26-19-8-10-21(11-9-19)30-17-23-7-4-13-28-23/h3,5-6,8-11,15,18,23,25H,4,7,12-14,16-17H2,1-2H3,(H,26,27). The summed E-state index contributed by atoms with van der Waals surface area (Å²) in [5.74, 6) is 2.07. The number of nitrogens with one attached hydrogen (secondary N) is 2. The van der Waals surface area contributed by atoms with Gasteiger partial charge in [-0.25, -0.2) is 0 Å². The van der Waals surface area contributed by atoms with Crippen LogP contribution in [0.5, 0.6) is 11.5 Å². The molecule has 2 N–H and O–H groups in total. The molecular formula is C24H32N2O4. The van der Waals surface area contributed by atoms with E-state index in [1.54, 1.807) is 0 Å². The number of anilines is 2. The Labute approximate surface area is 178 Å². The van der Waals surface area contributed by atoms with Crippen LogP contribution in [0.4, 0.5) is 11.4 Å². The summed E-state index contributed by atoms with van der Waals surface area (Å²) in [5, 5.41) is 6.02. The van der Waals surface area contributed by atoms with Crippen LogP contribution in [0.3, 0.4) is 0 Å². The van der Waals surface area contributed by atoms with Crippen molar-refractivity contribution in [1.82, 2.24) is 0 Å². The van der Waals surface area contributed by atoms with E-state index in [9.17, 15) is 4.79 Å². The van der Waals surface area contributed by atoms with E-state index in [0.717, 1.165) is 48.7 Å². The zero-order valence-corrected chi connectivity index (χ0v) is 17.9. The molecule has 0 spiro atoms. The van der Waals surface area contributed by atoms with Gasteiger partial charge in [0.05, 0.1) is 19.3 Å². The van der Waals surface area contributed by atoms with Crippen molar-refractivity contribution < 1.29 is 19.0 Å². The lowest BCUT2D eigenvalue weighted by molar-refractivity contribution is -0.114. The van der Waals surface area contributed by atoms with Crippen molar-refractivity contribution in [2.45, 2.75) is 39.2 Å². The molecule has 0 aromatic heterocycles. The lowest BCUT2D eigenvalue weighted by Gasteiger charge is -2.12. The predicted molar refractivity (Wildman–Crippen MR) is 119 cm³/mol. The summed E-state index contributed by atoms with van der Waals surface area (Å²) in [6, 6.07) is 15.1. The van der Waals surface area contributed by atoms with E-state index in [1.165, 1.54) is 0 Å². The second-order valence-corrected chi connectivity index (χ2v) is 7.93. The Bertz CT molecular complexity index is 786. The molecule has 6 nitrogen and oxygen atoms in total. The molecule has 2 aromatic carbocycles. The number of hydrogen-bond acceptors (Lipinski definition) is 5. The zero-order chi connectivity index (χ0) is 21.2. The van der Waals surface area contributed by atoms with Gasteiger partial charge in [0.15, 0.2) is 0 Å². The first-order valence-corrected chi connectivity index (χ1v) is 10.7. The van der Waals surface area contributed by atoms with Crippen LogP contribution in [0, 0.1) is 5.92 Å². The van der Waals surface area contributed by atoms with Crippen molar-refractivity contribution in [1.29, 1.82) is 0 Å². The van der Waals surface area contributed by atoms with Gasteiger partial charge in [-0.3, -0.25) is 4.79 Å². The van der Waals surface area contributed by atoms with Gasteiger partial charge in [0.25, 0.3) is 0 Å². The van der Waals surface area contributed by atoms with E-state index in [1.807, 2.05) is 48.5 Å². The molecule has 0 aliphatic carbocycles. The van der Waals surface area contributed by atoms with Crippen molar-refractivity contribution in [3.05, 3.63) is 48.5 Å². The summed E-state index contributed by atoms with van der Waals surface area (Å²) in [4.78, 5) is 12.2. The van der Waals surface area contributed by atoms with Crippen LogP contribution >= 0.6 is 0 Å². The number of hydrogen-bond donors (Lipinski definition) is 2. The van der Waals surface area contributed by atoms with Gasteiger partial charge in [-0.1, -0.05) is 19.9 Å². The molecule has 0 radical (unpaired) electrons. The Hall–Kier alpha value is -2.73. The molecule has 1 amide bonds. The van der Waals surface area contributed by atoms with Gasteiger partial charge in [-0.05, 0) is 61.6 Å². The molecule has 0 saturated carbocycles. The summed E-state index contributed by atoms with van der Waals surface area (Å²) in [5.41, 5.74) is 1.59. The minimum absolute atomic E-state index is 0.117. The highest BCUT2D eigenvalue weighted by Crippen LogP contribution is 2.20. The van der Waals surface area contributed by atoms with Crippen molar-refractivity contribution >= 4 is 17.3 Å². The fourth-order valence-electron chi connectivity index (χ4n) is 3.10. The van der Waals surface area contributed by atoms with Gasteiger partial charge in [-0.15, -0.1) is 0 Å². The molecule has 2 aromatic rings. The van der Waals surface area contributed by atoms with Crippen molar-refractivity contribution in [2.24, 2.45) is 5.92 Å². The molecule has 1 heterocycles. The second-order valence-electron chi connectivity index (χ2n) is 7.93. The molecule has 30 heavy (non-hydrogen) atoms. The molecule has 1 atom stereocenters. The van der Waals surface area contributed by atoms with E-state index in [2.05, 4.69) is 24.5 Å². The van der Waals surface area contributed by atoms with Crippen LogP contribution in [0.25, 0.3) is 0 Å². The molecule has 6 heteroatoms. The summed E-state index contributed by atoms with van der Waals surface area (Å²) in [7, 11) is 0. The maximum Gasteiger partial charge on any atom is 0.243 e. The Morgan fingerprint density at radius 2 is 1.93 bits per heavy atom. The number of carbonyl (C=O) groups excluding carboxylic acids is 1. The number of carbonyl (C=O) groups is 1. The smallest absolute Gasteiger partial charge is 0.243 e. The number of rotatable bonds is 11. The molecule has 1 aliphatic heterocycles. The monoisotopic (exact) mass is 412 g/mol. The van der Waals surface area contributed by atoms with Crippen LogP contribution in [0.2, 0.25) is 0 Å². The number of amides is 1. The van der Waals surface area contributed by atoms with E-state index < -0.39 is 0 Å². The molecule has 1 saturated heterocycles. The zero-order valence-electron chi connectivity index (χ0n) is 17.9. The minimum atomic E-state index is -0.117. The Morgan fingerprint density at radius 1 is 1.10 bits per heavy atom. The van der Waals surface area contributed by atoms with E-state index in [0.29, 0.717) is 19.1 Å². The van der Waals surface area contributed by atoms with Crippen LogP contribution in [-0.4, -0.2) is 38.4 Å². The highest BCUT2D eigenvalue weighted by atomic mass is 16.5. The van der Waals surface area contributed by atoms with E-state index in [-0.39, 0.29) is 18.6 Å². The van der Waals surface area contributed by atoms with Crippen molar-refractivity contribution in [2.75, 3.05) is 37.0 Å². The van der Waals surface area contributed by atoms with Crippen molar-refractivity contribution in [3.8, 4) is 11.5 Å². The first-order valence-electron chi connectivity index (χ1n) is 10.7. The Morgan fingerprint density at radius 3 is 2.67 bits per heavy atom. The van der Waals surface area contributed by atoms with Gasteiger partial charge < -0.3 is 24.8 Å². The van der Waals surface area contributed by atoms with Gasteiger partial charge >= 0.3 is 0 Å². The summed E-state index contributed by atoms with van der Waals surface area (Å²) in [6.07, 6.45) is 3.35. The lowest BCUT2D eigenvalue weighted by atomic mass is 10.1. The van der Waals surface area contributed by atoms with Crippen LogP contribution in [0.1, 0.15) is 33.1 Å². The average Bonchev–Trinajstić information content (AvgIpc) is 3.26. The maximum absolute atomic E-state index is 12.2. The lowest BCUT2D eigenvalue weighted by Crippen LogP contribution is -2.21. The maximum atomic E-state index is 12.2. The molecule has 0 bridgehead atoms. The van der Waals surface area contributed by atoms with Crippen molar-refractivity contribution in [3.63, 3.8) is 0 Å². The minimum Gasteiger partial charge on any atom is -0.494 e. The van der Waals surface area contributed by atoms with E-state index in [4.69, 9.17) is 14.2 Å². The third kappa shape index (κ3) is 7.59. The van der Waals surface area contributed by atoms with Crippen LogP contribution < -0.4 is 20.1 Å². The highest BCUT2D eigenvalue weighted by Gasteiger charge is 2.15. The van der Waals surface area contributed by atoms with Gasteiger partial charge in [0, 0.05) is 24.0 Å². The quantitative estimate of drug-likeness (QED) is 0.559. The number of benzene rings is 2. The highest BCUT2D eigenvalue weighted by molar-refractivity contribution is 5.93. The molecular weight excluding hydrogens is 380 g/mol. The SMILES string of the molecule is CC(C)CCOc1cccc(NCC(=O)Nc2ccc(OCC3CCCO3)cc2)c1. The first-order chi connectivity index (χ1) is 14.6.